The zero-order valence-corrected chi connectivity index (χ0v) is 12.6. The largest absolute Gasteiger partial charge is 0.494 e. The lowest BCUT2D eigenvalue weighted by molar-refractivity contribution is 0.102. The van der Waals surface area contributed by atoms with Gasteiger partial charge in [-0.1, -0.05) is 11.6 Å². The number of carbonyl (C=O) groups excluding carboxylic acids is 1. The number of nitrogens with one attached hydrogen (secondary N) is 1. The Bertz CT molecular complexity index is 844. The van der Waals surface area contributed by atoms with Gasteiger partial charge in [0.1, 0.15) is 16.6 Å². The van der Waals surface area contributed by atoms with Gasteiger partial charge in [0.25, 0.3) is 5.91 Å². The minimum Gasteiger partial charge on any atom is -0.494 e. The molecule has 7 nitrogen and oxygen atoms in total. The number of halogens is 1. The van der Waals surface area contributed by atoms with Gasteiger partial charge < -0.3 is 10.1 Å². The number of aryl methyl sites for hydroxylation is 1. The summed E-state index contributed by atoms with van der Waals surface area (Å²) in [6.45, 7) is 0. The van der Waals surface area contributed by atoms with E-state index in [2.05, 4.69) is 20.4 Å². The molecule has 0 saturated heterocycles. The Kier molecular flexibility index (Phi) is 3.64. The van der Waals surface area contributed by atoms with Gasteiger partial charge in [-0.3, -0.25) is 9.48 Å². The molecule has 0 bridgehead atoms. The summed E-state index contributed by atoms with van der Waals surface area (Å²) in [6.07, 6.45) is 4.48. The number of aromatic nitrogens is 4. The second-order valence-electron chi connectivity index (χ2n) is 4.59. The maximum atomic E-state index is 12.2. The van der Waals surface area contributed by atoms with Crippen LogP contribution in [-0.4, -0.2) is 32.8 Å². The van der Waals surface area contributed by atoms with Crippen molar-refractivity contribution in [3.8, 4) is 5.75 Å². The normalized spacial score (nSPS) is 10.7. The Labute approximate surface area is 130 Å². The number of ether oxygens (including phenoxy) is 1. The van der Waals surface area contributed by atoms with Crippen LogP contribution in [0, 0.1) is 0 Å². The molecule has 0 atom stereocenters. The fourth-order valence-corrected chi connectivity index (χ4v) is 2.16. The van der Waals surface area contributed by atoms with Crippen LogP contribution in [0.3, 0.4) is 0 Å². The SMILES string of the molecule is COc1cc2nn(C)cc2cc1NC(=O)c1cnc(Cl)cn1. The van der Waals surface area contributed by atoms with E-state index in [9.17, 15) is 4.79 Å². The van der Waals surface area contributed by atoms with Gasteiger partial charge in [0, 0.05) is 24.7 Å². The molecule has 2 heterocycles. The molecule has 1 aromatic carbocycles. The Hall–Kier alpha value is -2.67. The lowest BCUT2D eigenvalue weighted by Crippen LogP contribution is -2.14. The molecule has 22 heavy (non-hydrogen) atoms. The Balaban J connectivity index is 1.94. The molecule has 0 fully saturated rings. The molecular weight excluding hydrogens is 306 g/mol. The predicted octanol–water partition coefficient (Wildman–Crippen LogP) is 2.28. The fourth-order valence-electron chi connectivity index (χ4n) is 2.06. The van der Waals surface area contributed by atoms with E-state index >= 15 is 0 Å². The average molecular weight is 318 g/mol. The second kappa shape index (κ2) is 5.61. The third kappa shape index (κ3) is 2.71. The highest BCUT2D eigenvalue weighted by Gasteiger charge is 2.13. The molecule has 3 aromatic rings. The Morgan fingerprint density at radius 2 is 2.14 bits per heavy atom. The molecule has 0 aliphatic rings. The molecule has 0 radical (unpaired) electrons. The number of anilines is 1. The fraction of sp³-hybridized carbons (Fsp3) is 0.143. The number of methoxy groups -OCH3 is 1. The molecule has 8 heteroatoms. The number of fused-ring (bicyclic) bond motifs is 1. The number of rotatable bonds is 3. The van der Waals surface area contributed by atoms with Crippen molar-refractivity contribution in [2.24, 2.45) is 7.05 Å². The van der Waals surface area contributed by atoms with E-state index in [1.807, 2.05) is 13.2 Å². The molecule has 0 spiro atoms. The first-order valence-corrected chi connectivity index (χ1v) is 6.75. The predicted molar refractivity (Wildman–Crippen MR) is 82.3 cm³/mol. The van der Waals surface area contributed by atoms with E-state index in [1.165, 1.54) is 19.5 Å². The van der Waals surface area contributed by atoms with Crippen LogP contribution in [0.1, 0.15) is 10.5 Å². The smallest absolute Gasteiger partial charge is 0.275 e. The summed E-state index contributed by atoms with van der Waals surface area (Å²) in [5, 5.41) is 8.17. The van der Waals surface area contributed by atoms with Crippen molar-refractivity contribution in [2.45, 2.75) is 0 Å². The van der Waals surface area contributed by atoms with Crippen LogP contribution < -0.4 is 10.1 Å². The van der Waals surface area contributed by atoms with Crippen LogP contribution in [0.5, 0.6) is 5.75 Å². The van der Waals surface area contributed by atoms with Gasteiger partial charge in [0.15, 0.2) is 0 Å². The quantitative estimate of drug-likeness (QED) is 0.801. The van der Waals surface area contributed by atoms with Crippen LogP contribution in [0.4, 0.5) is 5.69 Å². The molecule has 2 aromatic heterocycles. The molecule has 0 saturated carbocycles. The maximum Gasteiger partial charge on any atom is 0.275 e. The van der Waals surface area contributed by atoms with E-state index in [-0.39, 0.29) is 10.8 Å². The zero-order valence-electron chi connectivity index (χ0n) is 11.9. The number of hydrogen-bond acceptors (Lipinski definition) is 5. The lowest BCUT2D eigenvalue weighted by atomic mass is 10.2. The third-order valence-electron chi connectivity index (χ3n) is 3.04. The van der Waals surface area contributed by atoms with Crippen LogP contribution in [0.15, 0.2) is 30.7 Å². The van der Waals surface area contributed by atoms with Gasteiger partial charge in [-0.25, -0.2) is 9.97 Å². The summed E-state index contributed by atoms with van der Waals surface area (Å²) in [7, 11) is 3.36. The third-order valence-corrected chi connectivity index (χ3v) is 3.24. The van der Waals surface area contributed by atoms with Crippen LogP contribution in [0.25, 0.3) is 10.9 Å². The van der Waals surface area contributed by atoms with Crippen molar-refractivity contribution < 1.29 is 9.53 Å². The monoisotopic (exact) mass is 317 g/mol. The summed E-state index contributed by atoms with van der Waals surface area (Å²) >= 11 is 5.66. The lowest BCUT2D eigenvalue weighted by Gasteiger charge is -2.09. The highest BCUT2D eigenvalue weighted by molar-refractivity contribution is 6.29. The molecule has 3 rings (SSSR count). The van der Waals surface area contributed by atoms with Crippen molar-refractivity contribution in [1.29, 1.82) is 0 Å². The van der Waals surface area contributed by atoms with Gasteiger partial charge in [-0.05, 0) is 6.07 Å². The molecule has 0 aliphatic carbocycles. The second-order valence-corrected chi connectivity index (χ2v) is 4.98. The summed E-state index contributed by atoms with van der Waals surface area (Å²) in [4.78, 5) is 20.0. The summed E-state index contributed by atoms with van der Waals surface area (Å²) in [6, 6.07) is 3.56. The van der Waals surface area contributed by atoms with Crippen LogP contribution >= 0.6 is 11.6 Å². The summed E-state index contributed by atoms with van der Waals surface area (Å²) in [5.41, 5.74) is 1.48. The molecule has 0 unspecified atom stereocenters. The number of hydrogen-bond donors (Lipinski definition) is 1. The number of nitrogens with zero attached hydrogens (tertiary/aromatic N) is 4. The van der Waals surface area contributed by atoms with Gasteiger partial charge in [0.05, 0.1) is 30.7 Å². The van der Waals surface area contributed by atoms with E-state index in [1.54, 1.807) is 16.8 Å². The molecule has 1 N–H and O–H groups in total. The van der Waals surface area contributed by atoms with Gasteiger partial charge in [0.2, 0.25) is 0 Å². The highest BCUT2D eigenvalue weighted by atomic mass is 35.5. The maximum absolute atomic E-state index is 12.2. The van der Waals surface area contributed by atoms with Gasteiger partial charge >= 0.3 is 0 Å². The van der Waals surface area contributed by atoms with E-state index in [4.69, 9.17) is 16.3 Å². The number of benzene rings is 1. The average Bonchev–Trinajstić information content (AvgIpc) is 2.86. The first-order chi connectivity index (χ1) is 10.6. The standard InChI is InChI=1S/C14H12ClN5O2/c1-20-7-8-3-10(12(22-2)4-9(8)19-20)18-14(21)11-5-17-13(15)6-16-11/h3-7H,1-2H3,(H,18,21). The topological polar surface area (TPSA) is 81.9 Å². The van der Waals surface area contributed by atoms with Gasteiger partial charge in [-0.15, -0.1) is 0 Å². The molecular formula is C14H12ClN5O2. The summed E-state index contributed by atoms with van der Waals surface area (Å²) < 4.78 is 6.99. The number of amides is 1. The Morgan fingerprint density at radius 1 is 1.32 bits per heavy atom. The van der Waals surface area contributed by atoms with E-state index < -0.39 is 5.91 Å². The van der Waals surface area contributed by atoms with Crippen LogP contribution in [-0.2, 0) is 7.05 Å². The molecule has 112 valence electrons. The minimum absolute atomic E-state index is 0.165. The minimum atomic E-state index is -0.397. The molecule has 1 amide bonds. The molecule has 0 aliphatic heterocycles. The first kappa shape index (κ1) is 14.3. The van der Waals surface area contributed by atoms with E-state index in [0.29, 0.717) is 11.4 Å². The Morgan fingerprint density at radius 3 is 2.82 bits per heavy atom. The zero-order chi connectivity index (χ0) is 15.7. The van der Waals surface area contributed by atoms with Crippen molar-refractivity contribution in [2.75, 3.05) is 12.4 Å². The van der Waals surface area contributed by atoms with Crippen LogP contribution in [0.2, 0.25) is 5.15 Å². The van der Waals surface area contributed by atoms with Crippen molar-refractivity contribution in [3.05, 3.63) is 41.6 Å². The van der Waals surface area contributed by atoms with Crippen molar-refractivity contribution in [3.63, 3.8) is 0 Å². The van der Waals surface area contributed by atoms with Crippen molar-refractivity contribution >= 4 is 34.1 Å². The van der Waals surface area contributed by atoms with Gasteiger partial charge in [-0.2, -0.15) is 5.10 Å². The number of carbonyl (C=O) groups is 1. The first-order valence-electron chi connectivity index (χ1n) is 6.37. The summed E-state index contributed by atoms with van der Waals surface area (Å²) in [5.74, 6) is 0.118. The van der Waals surface area contributed by atoms with Crippen molar-refractivity contribution in [1.82, 2.24) is 19.7 Å². The van der Waals surface area contributed by atoms with E-state index in [0.717, 1.165) is 10.9 Å². The highest BCUT2D eigenvalue weighted by Crippen LogP contribution is 2.29.